The van der Waals surface area contributed by atoms with Gasteiger partial charge < -0.3 is 31.3 Å². The average molecular weight is 605 g/mol. The van der Waals surface area contributed by atoms with Crippen molar-refractivity contribution < 1.29 is 41.1 Å². The van der Waals surface area contributed by atoms with Crippen LogP contribution in [0.3, 0.4) is 0 Å². The van der Waals surface area contributed by atoms with Gasteiger partial charge in [-0.15, -0.1) is 0 Å². The van der Waals surface area contributed by atoms with Crippen LogP contribution in [0.4, 0.5) is 18.9 Å². The summed E-state index contributed by atoms with van der Waals surface area (Å²) >= 11 is 11.7. The first-order chi connectivity index (χ1) is 17.5. The zero-order valence-corrected chi connectivity index (χ0v) is 21.6. The fraction of sp³-hybridized carbons (Fsp3) is 0.263. The second-order valence-electron chi connectivity index (χ2n) is 6.96. The summed E-state index contributed by atoms with van der Waals surface area (Å²) < 4.78 is 60.3. The Morgan fingerprint density at radius 3 is 2.29 bits per heavy atom. The number of amides is 1. The summed E-state index contributed by atoms with van der Waals surface area (Å²) in [5.74, 6) is -3.51. The number of benzene rings is 1. The maximum absolute atomic E-state index is 12.7. The molecule has 0 radical (unpaired) electrons. The summed E-state index contributed by atoms with van der Waals surface area (Å²) in [6.07, 6.45) is -5.08. The third-order valence-electron chi connectivity index (χ3n) is 4.07. The second-order valence-corrected chi connectivity index (χ2v) is 9.46. The predicted octanol–water partition coefficient (Wildman–Crippen LogP) is 1.22. The van der Waals surface area contributed by atoms with Crippen molar-refractivity contribution in [2.75, 3.05) is 17.9 Å². The standard InChI is InChI=1S/C17H20Cl2N6O5S.C2HF3O2/c1-10-2-5-14(24-31(28,29)11-3-4-12(18)13(19)8-11)16(27)25(10)9-15(26)22-6-7-30-23-17(20)21;3-2(4,5)1(6)7/h2-5,8,24H,6-7,9H2,1H3,(H,22,26)(H4,20,21,23);(H,6,7). The zero-order chi connectivity index (χ0) is 29.3. The third kappa shape index (κ3) is 10.3. The van der Waals surface area contributed by atoms with Gasteiger partial charge in [-0.25, -0.2) is 13.2 Å². The van der Waals surface area contributed by atoms with Gasteiger partial charge in [-0.1, -0.05) is 23.2 Å². The molecule has 1 aromatic heterocycles. The number of pyridine rings is 1. The van der Waals surface area contributed by atoms with E-state index in [2.05, 4.69) is 15.2 Å². The minimum Gasteiger partial charge on any atom is -0.475 e. The molecular formula is C19H21Cl2F3N6O7S. The summed E-state index contributed by atoms with van der Waals surface area (Å²) in [6.45, 7) is 1.37. The van der Waals surface area contributed by atoms with E-state index >= 15 is 0 Å². The van der Waals surface area contributed by atoms with Crippen LogP contribution in [0.5, 0.6) is 0 Å². The van der Waals surface area contributed by atoms with Crippen LogP contribution in [0.15, 0.2) is 45.2 Å². The number of rotatable bonds is 9. The van der Waals surface area contributed by atoms with Crippen molar-refractivity contribution in [1.29, 1.82) is 0 Å². The van der Waals surface area contributed by atoms with Gasteiger partial charge in [-0.05, 0) is 42.4 Å². The molecule has 0 bridgehead atoms. The molecule has 1 amide bonds. The first-order valence-corrected chi connectivity index (χ1v) is 12.2. The SMILES string of the molecule is Cc1ccc(NS(=O)(=O)c2ccc(Cl)c(Cl)c2)c(=O)n1CC(=O)NCCON=C(N)N.O=C(O)C(F)(F)F. The molecular weight excluding hydrogens is 584 g/mol. The predicted molar refractivity (Wildman–Crippen MR) is 131 cm³/mol. The largest absolute Gasteiger partial charge is 0.490 e. The Balaban J connectivity index is 0.000000905. The highest BCUT2D eigenvalue weighted by molar-refractivity contribution is 7.92. The van der Waals surface area contributed by atoms with Crippen LogP contribution >= 0.6 is 23.2 Å². The van der Waals surface area contributed by atoms with Gasteiger partial charge in [0.2, 0.25) is 11.9 Å². The van der Waals surface area contributed by atoms with Crippen molar-refractivity contribution in [3.8, 4) is 0 Å². The number of sulfonamides is 1. The summed E-state index contributed by atoms with van der Waals surface area (Å²) in [5.41, 5.74) is 9.71. The normalized spacial score (nSPS) is 11.0. The lowest BCUT2D eigenvalue weighted by atomic mass is 10.3. The van der Waals surface area contributed by atoms with Gasteiger partial charge in [0.15, 0.2) is 0 Å². The lowest BCUT2D eigenvalue weighted by Crippen LogP contribution is -2.36. The van der Waals surface area contributed by atoms with E-state index in [0.717, 1.165) is 10.6 Å². The molecule has 38 heavy (non-hydrogen) atoms. The monoisotopic (exact) mass is 604 g/mol. The number of carbonyl (C=O) groups is 2. The van der Waals surface area contributed by atoms with E-state index in [9.17, 15) is 31.2 Å². The summed E-state index contributed by atoms with van der Waals surface area (Å²) in [6, 6.07) is 6.55. The molecule has 0 spiro atoms. The number of oxime groups is 1. The molecule has 0 aliphatic carbocycles. The van der Waals surface area contributed by atoms with Crippen LogP contribution in [0.1, 0.15) is 5.69 Å². The lowest BCUT2D eigenvalue weighted by molar-refractivity contribution is -0.192. The number of hydrogen-bond acceptors (Lipinski definition) is 7. The van der Waals surface area contributed by atoms with Crippen LogP contribution in [0, 0.1) is 6.92 Å². The fourth-order valence-electron chi connectivity index (χ4n) is 2.35. The van der Waals surface area contributed by atoms with Gasteiger partial charge >= 0.3 is 12.1 Å². The molecule has 7 N–H and O–H groups in total. The van der Waals surface area contributed by atoms with E-state index in [4.69, 9.17) is 49.4 Å². The topological polar surface area (TPSA) is 208 Å². The molecule has 0 aliphatic heterocycles. The molecule has 2 aromatic rings. The first kappa shape index (κ1) is 32.3. The van der Waals surface area contributed by atoms with E-state index < -0.39 is 33.6 Å². The molecule has 0 saturated carbocycles. The maximum Gasteiger partial charge on any atom is 0.490 e. The number of anilines is 1. The number of nitrogens with one attached hydrogen (secondary N) is 2. The highest BCUT2D eigenvalue weighted by atomic mass is 35.5. The molecule has 0 saturated heterocycles. The Labute approximate surface area is 223 Å². The molecule has 0 fully saturated rings. The number of halogens is 5. The number of nitrogens with two attached hydrogens (primary N) is 2. The molecule has 19 heteroatoms. The maximum atomic E-state index is 12.7. The molecule has 1 heterocycles. The number of guanidine groups is 1. The molecule has 2 rings (SSSR count). The number of carboxylic acid groups (broad SMARTS) is 1. The van der Waals surface area contributed by atoms with E-state index in [-0.39, 0.29) is 46.3 Å². The van der Waals surface area contributed by atoms with E-state index in [1.54, 1.807) is 6.92 Å². The van der Waals surface area contributed by atoms with Crippen molar-refractivity contribution >= 4 is 56.7 Å². The van der Waals surface area contributed by atoms with Gasteiger partial charge in [-0.3, -0.25) is 14.3 Å². The van der Waals surface area contributed by atoms with Gasteiger partial charge in [-0.2, -0.15) is 13.2 Å². The lowest BCUT2D eigenvalue weighted by Gasteiger charge is -2.13. The highest BCUT2D eigenvalue weighted by Crippen LogP contribution is 2.25. The van der Waals surface area contributed by atoms with Crippen LogP contribution < -0.4 is 27.1 Å². The van der Waals surface area contributed by atoms with Crippen molar-refractivity contribution in [2.45, 2.75) is 24.5 Å². The van der Waals surface area contributed by atoms with Crippen molar-refractivity contribution in [3.05, 3.63) is 56.4 Å². The van der Waals surface area contributed by atoms with Gasteiger partial charge in [0.1, 0.15) is 18.8 Å². The first-order valence-electron chi connectivity index (χ1n) is 9.91. The Hall–Kier alpha value is -3.70. The number of carboxylic acids is 1. The average Bonchev–Trinajstić information content (AvgIpc) is 2.79. The number of aliphatic carboxylic acids is 1. The van der Waals surface area contributed by atoms with Gasteiger partial charge in [0, 0.05) is 5.69 Å². The smallest absolute Gasteiger partial charge is 0.475 e. The molecule has 1 aromatic carbocycles. The fourth-order valence-corrected chi connectivity index (χ4v) is 3.79. The Bertz CT molecular complexity index is 1360. The quantitative estimate of drug-likeness (QED) is 0.120. The zero-order valence-electron chi connectivity index (χ0n) is 19.3. The number of alkyl halides is 3. The molecule has 210 valence electrons. The summed E-state index contributed by atoms with van der Waals surface area (Å²) in [4.78, 5) is 38.3. The third-order valence-corrected chi connectivity index (χ3v) is 6.17. The number of aromatic nitrogens is 1. The summed E-state index contributed by atoms with van der Waals surface area (Å²) in [7, 11) is -4.12. The van der Waals surface area contributed by atoms with Crippen LogP contribution in [-0.4, -0.2) is 55.3 Å². The van der Waals surface area contributed by atoms with Gasteiger partial charge in [0.25, 0.3) is 15.6 Å². The van der Waals surface area contributed by atoms with Crippen LogP contribution in [-0.2, 0) is 31.0 Å². The summed E-state index contributed by atoms with van der Waals surface area (Å²) in [5, 5.41) is 13.2. The number of hydrogen-bond donors (Lipinski definition) is 5. The number of nitrogens with zero attached hydrogens (tertiary/aromatic N) is 2. The molecule has 0 aliphatic rings. The highest BCUT2D eigenvalue weighted by Gasteiger charge is 2.38. The Kier molecular flexibility index (Phi) is 11.7. The number of aryl methyl sites for hydroxylation is 1. The van der Waals surface area contributed by atoms with Crippen LogP contribution in [0.25, 0.3) is 0 Å². The second kappa shape index (κ2) is 13.7. The van der Waals surface area contributed by atoms with E-state index in [1.807, 2.05) is 0 Å². The molecule has 0 atom stereocenters. The minimum atomic E-state index is -5.08. The van der Waals surface area contributed by atoms with Crippen molar-refractivity contribution in [1.82, 2.24) is 9.88 Å². The molecule has 0 unspecified atom stereocenters. The minimum absolute atomic E-state index is 0.0149. The van der Waals surface area contributed by atoms with E-state index in [1.165, 1.54) is 24.3 Å². The Morgan fingerprint density at radius 1 is 1.16 bits per heavy atom. The van der Waals surface area contributed by atoms with E-state index in [0.29, 0.717) is 5.69 Å². The van der Waals surface area contributed by atoms with Gasteiger partial charge in [0.05, 0.1) is 21.5 Å². The van der Waals surface area contributed by atoms with Crippen molar-refractivity contribution in [2.24, 2.45) is 16.6 Å². The number of carbonyl (C=O) groups excluding carboxylic acids is 1. The van der Waals surface area contributed by atoms with Crippen molar-refractivity contribution in [3.63, 3.8) is 0 Å². The molecule has 13 nitrogen and oxygen atoms in total. The Morgan fingerprint density at radius 2 is 1.76 bits per heavy atom. The van der Waals surface area contributed by atoms with Crippen LogP contribution in [0.2, 0.25) is 10.0 Å².